The quantitative estimate of drug-likeness (QED) is 0.486. The van der Waals surface area contributed by atoms with Gasteiger partial charge in [0.1, 0.15) is 12.6 Å². The fourth-order valence-corrected chi connectivity index (χ4v) is 5.35. The molecule has 0 aliphatic heterocycles. The van der Waals surface area contributed by atoms with Crippen LogP contribution >= 0.6 is 27.5 Å². The lowest BCUT2D eigenvalue weighted by Gasteiger charge is -2.32. The molecule has 10 heteroatoms. The smallest absolute Gasteiger partial charge is 0.244 e. The van der Waals surface area contributed by atoms with Crippen molar-refractivity contribution < 1.29 is 18.0 Å². The number of hydrogen-bond donors (Lipinski definition) is 1. The van der Waals surface area contributed by atoms with Crippen LogP contribution in [0.1, 0.15) is 38.2 Å². The van der Waals surface area contributed by atoms with Crippen molar-refractivity contribution in [3.63, 3.8) is 0 Å². The summed E-state index contributed by atoms with van der Waals surface area (Å²) in [7, 11) is -3.75. The van der Waals surface area contributed by atoms with Crippen molar-refractivity contribution in [2.45, 2.75) is 51.2 Å². The Bertz CT molecular complexity index is 1120. The number of anilines is 1. The predicted octanol–water partition coefficient (Wildman–Crippen LogP) is 4.34. The van der Waals surface area contributed by atoms with E-state index in [0.29, 0.717) is 10.7 Å². The van der Waals surface area contributed by atoms with Crippen LogP contribution in [0.25, 0.3) is 0 Å². The fraction of sp³-hybridized carbons (Fsp3) is 0.417. The standard InChI is InChI=1S/C24H29BrClN3O4S/c1-17(24(31)27-21-8-3-4-9-21)28(15-18-6-5-7-20(26)14-18)23(30)16-29(34(2,32)33)22-12-10-19(25)11-13-22/h5-7,10-14,17,21H,3-4,8-9,15-16H2,1-2H3,(H,27,31). The number of rotatable bonds is 9. The highest BCUT2D eigenvalue weighted by molar-refractivity contribution is 9.10. The van der Waals surface area contributed by atoms with Gasteiger partial charge in [-0.15, -0.1) is 0 Å². The molecule has 3 rings (SSSR count). The highest BCUT2D eigenvalue weighted by atomic mass is 79.9. The lowest BCUT2D eigenvalue weighted by Crippen LogP contribution is -2.52. The third kappa shape index (κ3) is 7.20. The average Bonchev–Trinajstić information content (AvgIpc) is 3.28. The van der Waals surface area contributed by atoms with Gasteiger partial charge in [-0.1, -0.05) is 52.5 Å². The molecule has 0 spiro atoms. The zero-order chi connectivity index (χ0) is 24.9. The minimum absolute atomic E-state index is 0.105. The predicted molar refractivity (Wildman–Crippen MR) is 138 cm³/mol. The van der Waals surface area contributed by atoms with E-state index in [9.17, 15) is 18.0 Å². The summed E-state index contributed by atoms with van der Waals surface area (Å²) in [5, 5.41) is 3.55. The zero-order valence-electron chi connectivity index (χ0n) is 19.2. The van der Waals surface area contributed by atoms with Crippen molar-refractivity contribution in [1.82, 2.24) is 10.2 Å². The van der Waals surface area contributed by atoms with Gasteiger partial charge in [0.15, 0.2) is 0 Å². The van der Waals surface area contributed by atoms with Gasteiger partial charge in [0.25, 0.3) is 0 Å². The van der Waals surface area contributed by atoms with E-state index in [4.69, 9.17) is 11.6 Å². The molecule has 2 aromatic rings. The summed E-state index contributed by atoms with van der Waals surface area (Å²) in [5.41, 5.74) is 1.11. The molecule has 0 aromatic heterocycles. The molecule has 1 fully saturated rings. The van der Waals surface area contributed by atoms with Crippen LogP contribution in [0.4, 0.5) is 5.69 Å². The average molecular weight is 571 g/mol. The van der Waals surface area contributed by atoms with E-state index in [-0.39, 0.29) is 18.5 Å². The third-order valence-corrected chi connectivity index (χ3v) is 7.81. The van der Waals surface area contributed by atoms with E-state index in [1.54, 1.807) is 49.4 Å². The highest BCUT2D eigenvalue weighted by Crippen LogP contribution is 2.23. The number of hydrogen-bond acceptors (Lipinski definition) is 4. The molecule has 1 aliphatic rings. The van der Waals surface area contributed by atoms with Crippen LogP contribution in [-0.4, -0.2) is 50.0 Å². The molecule has 2 aromatic carbocycles. The van der Waals surface area contributed by atoms with Crippen molar-refractivity contribution in [2.24, 2.45) is 0 Å². The lowest BCUT2D eigenvalue weighted by atomic mass is 10.1. The molecule has 1 unspecified atom stereocenters. The normalized spacial score (nSPS) is 15.1. The fourth-order valence-electron chi connectivity index (χ4n) is 4.03. The van der Waals surface area contributed by atoms with Crippen LogP contribution in [0, 0.1) is 0 Å². The van der Waals surface area contributed by atoms with Crippen molar-refractivity contribution in [2.75, 3.05) is 17.1 Å². The number of halogens is 2. The minimum atomic E-state index is -3.75. The molecule has 1 atom stereocenters. The molecule has 0 bridgehead atoms. The van der Waals surface area contributed by atoms with Crippen molar-refractivity contribution in [1.29, 1.82) is 0 Å². The summed E-state index contributed by atoms with van der Waals surface area (Å²) < 4.78 is 27.0. The monoisotopic (exact) mass is 569 g/mol. The summed E-state index contributed by atoms with van der Waals surface area (Å²) in [4.78, 5) is 27.9. The SMILES string of the molecule is CC(C(=O)NC1CCCC1)N(Cc1cccc(Cl)c1)C(=O)CN(c1ccc(Br)cc1)S(C)(=O)=O. The molecule has 0 heterocycles. The van der Waals surface area contributed by atoms with Gasteiger partial charge >= 0.3 is 0 Å². The topological polar surface area (TPSA) is 86.8 Å². The van der Waals surface area contributed by atoms with Crippen LogP contribution in [0.5, 0.6) is 0 Å². The number of carbonyl (C=O) groups is 2. The Morgan fingerprint density at radius 1 is 1.15 bits per heavy atom. The Balaban J connectivity index is 1.87. The van der Waals surface area contributed by atoms with Gasteiger partial charge in [0.2, 0.25) is 21.8 Å². The summed E-state index contributed by atoms with van der Waals surface area (Å²) in [5.74, 6) is -0.737. The number of nitrogens with one attached hydrogen (secondary N) is 1. The van der Waals surface area contributed by atoms with E-state index in [2.05, 4.69) is 21.2 Å². The van der Waals surface area contributed by atoms with Gasteiger partial charge < -0.3 is 10.2 Å². The van der Waals surface area contributed by atoms with E-state index in [1.807, 2.05) is 6.07 Å². The van der Waals surface area contributed by atoms with E-state index < -0.39 is 28.5 Å². The maximum atomic E-state index is 13.5. The van der Waals surface area contributed by atoms with Gasteiger partial charge in [-0.05, 0) is 61.7 Å². The van der Waals surface area contributed by atoms with Crippen LogP contribution in [-0.2, 0) is 26.2 Å². The number of carbonyl (C=O) groups excluding carboxylic acids is 2. The molecule has 34 heavy (non-hydrogen) atoms. The van der Waals surface area contributed by atoms with Crippen LogP contribution < -0.4 is 9.62 Å². The molecule has 2 amide bonds. The second-order valence-electron chi connectivity index (χ2n) is 8.56. The van der Waals surface area contributed by atoms with Crippen molar-refractivity contribution in [3.05, 3.63) is 63.6 Å². The number of amides is 2. The maximum absolute atomic E-state index is 13.5. The number of sulfonamides is 1. The Hall–Kier alpha value is -2.10. The molecule has 7 nitrogen and oxygen atoms in total. The number of benzene rings is 2. The second-order valence-corrected chi connectivity index (χ2v) is 11.8. The first-order valence-corrected chi connectivity index (χ1v) is 14.1. The summed E-state index contributed by atoms with van der Waals surface area (Å²) in [6, 6.07) is 13.0. The molecule has 0 radical (unpaired) electrons. The molecular formula is C24H29BrClN3O4S. The summed E-state index contributed by atoms with van der Waals surface area (Å²) >= 11 is 9.46. The Labute approximate surface area is 214 Å². The van der Waals surface area contributed by atoms with Gasteiger partial charge in [-0.2, -0.15) is 0 Å². The molecule has 1 N–H and O–H groups in total. The number of nitrogens with zero attached hydrogens (tertiary/aromatic N) is 2. The first-order valence-electron chi connectivity index (χ1n) is 11.1. The first-order chi connectivity index (χ1) is 16.0. The van der Waals surface area contributed by atoms with E-state index in [0.717, 1.165) is 46.3 Å². The van der Waals surface area contributed by atoms with Gasteiger partial charge in [-0.3, -0.25) is 13.9 Å². The molecule has 0 saturated heterocycles. The summed E-state index contributed by atoms with van der Waals surface area (Å²) in [6.45, 7) is 1.36. The van der Waals surface area contributed by atoms with E-state index in [1.165, 1.54) is 4.90 Å². The van der Waals surface area contributed by atoms with Crippen LogP contribution in [0.15, 0.2) is 53.0 Å². The Morgan fingerprint density at radius 3 is 2.38 bits per heavy atom. The Morgan fingerprint density at radius 2 is 1.79 bits per heavy atom. The summed E-state index contributed by atoms with van der Waals surface area (Å²) in [6.07, 6.45) is 5.04. The maximum Gasteiger partial charge on any atom is 0.244 e. The first kappa shape index (κ1) is 26.5. The minimum Gasteiger partial charge on any atom is -0.352 e. The molecular weight excluding hydrogens is 542 g/mol. The van der Waals surface area contributed by atoms with Crippen molar-refractivity contribution in [3.8, 4) is 0 Å². The lowest BCUT2D eigenvalue weighted by molar-refractivity contribution is -0.139. The second kappa shape index (κ2) is 11.6. The van der Waals surface area contributed by atoms with Gasteiger partial charge in [0, 0.05) is 22.1 Å². The molecule has 184 valence electrons. The van der Waals surface area contributed by atoms with Crippen LogP contribution in [0.2, 0.25) is 5.02 Å². The van der Waals surface area contributed by atoms with Crippen molar-refractivity contribution >= 4 is 55.1 Å². The van der Waals surface area contributed by atoms with Gasteiger partial charge in [-0.25, -0.2) is 8.42 Å². The zero-order valence-corrected chi connectivity index (χ0v) is 22.4. The highest BCUT2D eigenvalue weighted by Gasteiger charge is 2.31. The van der Waals surface area contributed by atoms with E-state index >= 15 is 0 Å². The third-order valence-electron chi connectivity index (χ3n) is 5.90. The molecule has 1 aliphatic carbocycles. The largest absolute Gasteiger partial charge is 0.352 e. The molecule has 1 saturated carbocycles. The Kier molecular flexibility index (Phi) is 9.01. The van der Waals surface area contributed by atoms with Gasteiger partial charge in [0.05, 0.1) is 11.9 Å². The van der Waals surface area contributed by atoms with Crippen LogP contribution in [0.3, 0.4) is 0 Å².